The highest BCUT2D eigenvalue weighted by molar-refractivity contribution is 6.06. The number of anilines is 2. The van der Waals surface area contributed by atoms with Gasteiger partial charge in [-0.1, -0.05) is 51.1 Å². The molecule has 0 spiro atoms. The second-order valence-corrected chi connectivity index (χ2v) is 9.64. The highest BCUT2D eigenvalue weighted by Gasteiger charge is 2.43. The molecule has 1 aliphatic carbocycles. The van der Waals surface area contributed by atoms with Gasteiger partial charge in [0, 0.05) is 30.2 Å². The second-order valence-electron chi connectivity index (χ2n) is 9.64. The van der Waals surface area contributed by atoms with Crippen molar-refractivity contribution in [3.8, 4) is 5.75 Å². The number of allylic oxidation sites excluding steroid dienone is 1. The zero-order valence-corrected chi connectivity index (χ0v) is 19.6. The molecule has 168 valence electrons. The van der Waals surface area contributed by atoms with Crippen LogP contribution in [0.1, 0.15) is 65.5 Å². The third-order valence-corrected chi connectivity index (χ3v) is 6.36. The number of para-hydroxylation sites is 3. The molecule has 1 amide bonds. The van der Waals surface area contributed by atoms with E-state index in [-0.39, 0.29) is 23.2 Å². The number of rotatable bonds is 4. The van der Waals surface area contributed by atoms with E-state index in [2.05, 4.69) is 26.1 Å². The fourth-order valence-electron chi connectivity index (χ4n) is 4.74. The van der Waals surface area contributed by atoms with E-state index in [1.54, 1.807) is 11.8 Å². The van der Waals surface area contributed by atoms with Gasteiger partial charge in [0.15, 0.2) is 5.78 Å². The summed E-state index contributed by atoms with van der Waals surface area (Å²) in [4.78, 5) is 28.5. The molecule has 5 nitrogen and oxygen atoms in total. The van der Waals surface area contributed by atoms with Crippen LogP contribution in [-0.2, 0) is 9.59 Å². The van der Waals surface area contributed by atoms with Gasteiger partial charge in [-0.15, -0.1) is 0 Å². The first kappa shape index (κ1) is 22.1. The minimum atomic E-state index is -0.553. The molecule has 2 aliphatic rings. The van der Waals surface area contributed by atoms with Crippen molar-refractivity contribution in [2.45, 2.75) is 66.0 Å². The van der Waals surface area contributed by atoms with Crippen LogP contribution in [0.2, 0.25) is 0 Å². The number of fused-ring (bicyclic) bond motifs is 1. The molecule has 0 bridgehead atoms. The molecule has 32 heavy (non-hydrogen) atoms. The molecule has 0 aromatic heterocycles. The van der Waals surface area contributed by atoms with Crippen molar-refractivity contribution in [3.63, 3.8) is 0 Å². The van der Waals surface area contributed by atoms with Gasteiger partial charge in [-0.2, -0.15) is 0 Å². The van der Waals surface area contributed by atoms with Gasteiger partial charge in [0.1, 0.15) is 5.75 Å². The summed E-state index contributed by atoms with van der Waals surface area (Å²) in [7, 11) is 0. The van der Waals surface area contributed by atoms with Crippen molar-refractivity contribution in [2.24, 2.45) is 5.41 Å². The molecule has 4 rings (SSSR count). The summed E-state index contributed by atoms with van der Waals surface area (Å²) in [5.74, 6) is 0.669. The topological polar surface area (TPSA) is 58.6 Å². The molecule has 1 N–H and O–H groups in total. The minimum absolute atomic E-state index is 0.0209. The lowest BCUT2D eigenvalue weighted by atomic mass is 9.73. The Hall–Kier alpha value is -3.08. The minimum Gasteiger partial charge on any atom is -0.490 e. The first-order valence-corrected chi connectivity index (χ1v) is 11.4. The van der Waals surface area contributed by atoms with E-state index in [1.165, 1.54) is 0 Å². The van der Waals surface area contributed by atoms with Gasteiger partial charge in [-0.05, 0) is 43.4 Å². The van der Waals surface area contributed by atoms with Gasteiger partial charge in [-0.3, -0.25) is 14.5 Å². The molecule has 2 aromatic rings. The molecule has 0 saturated carbocycles. The summed E-state index contributed by atoms with van der Waals surface area (Å²) in [5.41, 5.74) is 3.84. The van der Waals surface area contributed by atoms with Gasteiger partial charge in [-0.25, -0.2) is 0 Å². The van der Waals surface area contributed by atoms with Crippen LogP contribution in [0, 0.1) is 5.41 Å². The van der Waals surface area contributed by atoms with Gasteiger partial charge < -0.3 is 10.1 Å². The Morgan fingerprint density at radius 2 is 1.84 bits per heavy atom. The lowest BCUT2D eigenvalue weighted by Gasteiger charge is -2.37. The lowest BCUT2D eigenvalue weighted by Crippen LogP contribution is -2.38. The second kappa shape index (κ2) is 8.45. The van der Waals surface area contributed by atoms with E-state index in [0.29, 0.717) is 17.7 Å². The number of nitrogens with zero attached hydrogens (tertiary/aromatic N) is 1. The van der Waals surface area contributed by atoms with Crippen LogP contribution >= 0.6 is 0 Å². The number of ether oxygens (including phenoxy) is 1. The number of carbonyl (C=O) groups excluding carboxylic acids is 2. The average molecular weight is 433 g/mol. The van der Waals surface area contributed by atoms with Crippen molar-refractivity contribution in [2.75, 3.05) is 10.2 Å². The molecular weight excluding hydrogens is 400 g/mol. The zero-order chi connectivity index (χ0) is 23.0. The van der Waals surface area contributed by atoms with Crippen LogP contribution in [0.25, 0.3) is 0 Å². The summed E-state index contributed by atoms with van der Waals surface area (Å²) in [5, 5.41) is 3.53. The summed E-state index contributed by atoms with van der Waals surface area (Å²) < 4.78 is 6.27. The van der Waals surface area contributed by atoms with E-state index >= 15 is 0 Å². The standard InChI is InChI=1S/C27H32N2O3/c1-6-17(2)32-24-14-10-7-11-19(24)26-25-21(15-27(4,5)16-23(25)31)28-20-12-8-9-13-22(20)29(26)18(3)30/h7-14,17,26,28H,6,15-16H2,1-5H3/t17-,26+/m0/s1. The number of nitrogens with one attached hydrogen (secondary N) is 1. The van der Waals surface area contributed by atoms with Crippen molar-refractivity contribution in [1.29, 1.82) is 0 Å². The van der Waals surface area contributed by atoms with Crippen molar-refractivity contribution >= 4 is 23.1 Å². The maximum absolute atomic E-state index is 13.6. The summed E-state index contributed by atoms with van der Waals surface area (Å²) in [6, 6.07) is 15.0. The Morgan fingerprint density at radius 1 is 1.16 bits per heavy atom. The molecule has 1 aliphatic heterocycles. The normalized spacial score (nSPS) is 20.6. The molecular formula is C27H32N2O3. The number of Topliss-reactive ketones (excluding diaryl/α,β-unsaturated/α-hetero) is 1. The zero-order valence-electron chi connectivity index (χ0n) is 19.6. The number of hydrogen-bond donors (Lipinski definition) is 1. The quantitative estimate of drug-likeness (QED) is 0.641. The maximum Gasteiger partial charge on any atom is 0.224 e. The summed E-state index contributed by atoms with van der Waals surface area (Å²) >= 11 is 0. The number of ketones is 1. The van der Waals surface area contributed by atoms with Crippen LogP contribution in [-0.4, -0.2) is 17.8 Å². The van der Waals surface area contributed by atoms with Gasteiger partial charge in [0.2, 0.25) is 5.91 Å². The van der Waals surface area contributed by atoms with Crippen molar-refractivity contribution in [1.82, 2.24) is 0 Å². The van der Waals surface area contributed by atoms with Gasteiger partial charge >= 0.3 is 0 Å². The Kier molecular flexibility index (Phi) is 5.85. The van der Waals surface area contributed by atoms with Crippen LogP contribution < -0.4 is 15.0 Å². The third-order valence-electron chi connectivity index (χ3n) is 6.36. The summed E-state index contributed by atoms with van der Waals surface area (Å²) in [6.07, 6.45) is 2.06. The fraction of sp³-hybridized carbons (Fsp3) is 0.407. The predicted octanol–water partition coefficient (Wildman–Crippen LogP) is 6.03. The Balaban J connectivity index is 1.99. The largest absolute Gasteiger partial charge is 0.490 e. The highest BCUT2D eigenvalue weighted by Crippen LogP contribution is 2.49. The van der Waals surface area contributed by atoms with Crippen LogP contribution in [0.3, 0.4) is 0 Å². The van der Waals surface area contributed by atoms with E-state index in [9.17, 15) is 9.59 Å². The Bertz CT molecular complexity index is 1090. The number of hydrogen-bond acceptors (Lipinski definition) is 4. The maximum atomic E-state index is 13.6. The third kappa shape index (κ3) is 4.04. The van der Waals surface area contributed by atoms with Crippen LogP contribution in [0.5, 0.6) is 5.75 Å². The fourth-order valence-corrected chi connectivity index (χ4v) is 4.74. The molecule has 5 heteroatoms. The predicted molar refractivity (Wildman–Crippen MR) is 128 cm³/mol. The molecule has 2 aromatic carbocycles. The first-order valence-electron chi connectivity index (χ1n) is 11.4. The molecule has 0 fully saturated rings. The lowest BCUT2D eigenvalue weighted by molar-refractivity contribution is -0.118. The van der Waals surface area contributed by atoms with Gasteiger partial charge in [0.05, 0.1) is 23.5 Å². The molecule has 0 radical (unpaired) electrons. The molecule has 2 atom stereocenters. The highest BCUT2D eigenvalue weighted by atomic mass is 16.5. The SMILES string of the molecule is CC[C@H](C)Oc1ccccc1[C@@H]1C2=C(CC(C)(C)CC2=O)Nc2ccccc2N1C(C)=O. The average Bonchev–Trinajstić information content (AvgIpc) is 2.87. The van der Waals surface area contributed by atoms with E-state index < -0.39 is 6.04 Å². The number of carbonyl (C=O) groups is 2. The van der Waals surface area contributed by atoms with Crippen molar-refractivity contribution in [3.05, 3.63) is 65.4 Å². The van der Waals surface area contributed by atoms with Gasteiger partial charge in [0.25, 0.3) is 0 Å². The molecule has 0 saturated heterocycles. The first-order chi connectivity index (χ1) is 15.2. The summed E-state index contributed by atoms with van der Waals surface area (Å²) in [6.45, 7) is 9.90. The van der Waals surface area contributed by atoms with E-state index in [4.69, 9.17) is 4.74 Å². The van der Waals surface area contributed by atoms with E-state index in [1.807, 2.05) is 55.5 Å². The Labute approximate surface area is 190 Å². The number of amides is 1. The van der Waals surface area contributed by atoms with Crippen LogP contribution in [0.4, 0.5) is 11.4 Å². The van der Waals surface area contributed by atoms with E-state index in [0.717, 1.165) is 35.5 Å². The van der Waals surface area contributed by atoms with Crippen LogP contribution in [0.15, 0.2) is 59.8 Å². The number of benzene rings is 2. The molecule has 0 unspecified atom stereocenters. The smallest absolute Gasteiger partial charge is 0.224 e. The Morgan fingerprint density at radius 3 is 2.56 bits per heavy atom. The monoisotopic (exact) mass is 432 g/mol. The van der Waals surface area contributed by atoms with Crippen molar-refractivity contribution < 1.29 is 14.3 Å². The molecule has 1 heterocycles.